The predicted molar refractivity (Wildman–Crippen MR) is 115 cm³/mol. The second-order valence-electron chi connectivity index (χ2n) is 7.21. The third-order valence-corrected chi connectivity index (χ3v) is 5.89. The topological polar surface area (TPSA) is 88.3 Å². The van der Waals surface area contributed by atoms with Gasteiger partial charge in [0.15, 0.2) is 11.7 Å². The lowest BCUT2D eigenvalue weighted by atomic mass is 9.95. The Morgan fingerprint density at radius 2 is 2.03 bits per heavy atom. The largest absolute Gasteiger partial charge is 0.467 e. The highest BCUT2D eigenvalue weighted by molar-refractivity contribution is 7.03. The van der Waals surface area contributed by atoms with Crippen molar-refractivity contribution in [1.82, 2.24) is 14.9 Å². The Morgan fingerprint density at radius 1 is 1.20 bits per heavy atom. The van der Waals surface area contributed by atoms with Gasteiger partial charge >= 0.3 is 0 Å². The summed E-state index contributed by atoms with van der Waals surface area (Å²) in [5.41, 5.74) is 0.627. The van der Waals surface area contributed by atoms with Gasteiger partial charge in [-0.05, 0) is 54.7 Å². The molecule has 9 heteroatoms. The minimum Gasteiger partial charge on any atom is -0.467 e. The number of anilines is 1. The highest BCUT2D eigenvalue weighted by Crippen LogP contribution is 2.32. The SMILES string of the molecule is O=C(NC1CCCCC1)[C@H](c1ccco1)N(C(=O)c1csnn1)c1cccc(Cl)c1. The van der Waals surface area contributed by atoms with Gasteiger partial charge in [0.2, 0.25) is 0 Å². The van der Waals surface area contributed by atoms with Crippen LogP contribution in [0, 0.1) is 0 Å². The Morgan fingerprint density at radius 3 is 2.70 bits per heavy atom. The number of hydrogen-bond donors (Lipinski definition) is 1. The van der Waals surface area contributed by atoms with E-state index in [1.165, 1.54) is 17.6 Å². The van der Waals surface area contributed by atoms with Crippen LogP contribution in [0.15, 0.2) is 52.5 Å². The molecule has 1 saturated carbocycles. The molecule has 1 atom stereocenters. The summed E-state index contributed by atoms with van der Waals surface area (Å²) in [6.45, 7) is 0. The molecule has 1 aromatic carbocycles. The number of nitrogens with zero attached hydrogens (tertiary/aromatic N) is 3. The van der Waals surface area contributed by atoms with Gasteiger partial charge in [0.05, 0.1) is 6.26 Å². The number of nitrogens with one attached hydrogen (secondary N) is 1. The van der Waals surface area contributed by atoms with E-state index in [9.17, 15) is 9.59 Å². The molecule has 0 aliphatic heterocycles. The standard InChI is InChI=1S/C21H21ClN4O3S/c22-14-6-4-9-16(12-14)26(21(28)17-13-30-25-24-17)19(18-10-5-11-29-18)20(27)23-15-7-2-1-3-8-15/h4-6,9-13,15,19H,1-3,7-8H2,(H,23,27)/t19-/m0/s1. The fraction of sp³-hybridized carbons (Fsp3) is 0.333. The average molecular weight is 445 g/mol. The lowest BCUT2D eigenvalue weighted by Gasteiger charge is -2.31. The zero-order chi connectivity index (χ0) is 20.9. The smallest absolute Gasteiger partial charge is 0.280 e. The van der Waals surface area contributed by atoms with Gasteiger partial charge in [0.1, 0.15) is 5.76 Å². The molecule has 0 bridgehead atoms. The summed E-state index contributed by atoms with van der Waals surface area (Å²) in [6, 6.07) is 9.28. The number of hydrogen-bond acceptors (Lipinski definition) is 6. The second-order valence-corrected chi connectivity index (χ2v) is 8.25. The third-order valence-electron chi connectivity index (χ3n) is 5.16. The van der Waals surface area contributed by atoms with E-state index < -0.39 is 11.9 Å². The van der Waals surface area contributed by atoms with Crippen molar-refractivity contribution in [1.29, 1.82) is 0 Å². The maximum atomic E-state index is 13.5. The van der Waals surface area contributed by atoms with Crippen LogP contribution in [0.2, 0.25) is 5.02 Å². The molecular formula is C21H21ClN4O3S. The van der Waals surface area contributed by atoms with Gasteiger partial charge < -0.3 is 9.73 Å². The van der Waals surface area contributed by atoms with E-state index in [2.05, 4.69) is 14.9 Å². The first-order valence-electron chi connectivity index (χ1n) is 9.83. The summed E-state index contributed by atoms with van der Waals surface area (Å²) in [6.07, 6.45) is 6.68. The summed E-state index contributed by atoms with van der Waals surface area (Å²) in [5, 5.41) is 9.02. The molecule has 2 amide bonds. The zero-order valence-corrected chi connectivity index (χ0v) is 17.7. The molecule has 1 N–H and O–H groups in total. The van der Waals surface area contributed by atoms with Crippen molar-refractivity contribution in [3.8, 4) is 0 Å². The van der Waals surface area contributed by atoms with Gasteiger partial charge in [-0.25, -0.2) is 0 Å². The highest BCUT2D eigenvalue weighted by atomic mass is 35.5. The first-order valence-corrected chi connectivity index (χ1v) is 11.0. The van der Waals surface area contributed by atoms with Crippen LogP contribution in [0.5, 0.6) is 0 Å². The number of carbonyl (C=O) groups is 2. The number of aromatic nitrogens is 2. The maximum Gasteiger partial charge on any atom is 0.280 e. The van der Waals surface area contributed by atoms with Crippen LogP contribution in [0.3, 0.4) is 0 Å². The molecule has 0 saturated heterocycles. The van der Waals surface area contributed by atoms with E-state index >= 15 is 0 Å². The van der Waals surface area contributed by atoms with E-state index in [-0.39, 0.29) is 17.6 Å². The van der Waals surface area contributed by atoms with Crippen molar-refractivity contribution in [3.05, 3.63) is 64.5 Å². The van der Waals surface area contributed by atoms with Crippen molar-refractivity contribution >= 4 is 40.6 Å². The van der Waals surface area contributed by atoms with Crippen molar-refractivity contribution in [3.63, 3.8) is 0 Å². The Balaban J connectivity index is 1.74. The first-order chi connectivity index (χ1) is 14.6. The number of halogens is 1. The van der Waals surface area contributed by atoms with E-state index in [4.69, 9.17) is 16.0 Å². The number of rotatable bonds is 6. The normalized spacial score (nSPS) is 15.5. The molecule has 4 rings (SSSR count). The first kappa shape index (κ1) is 20.6. The number of amides is 2. The van der Waals surface area contributed by atoms with Crippen LogP contribution in [0.1, 0.15) is 54.4 Å². The van der Waals surface area contributed by atoms with Crippen molar-refractivity contribution in [2.75, 3.05) is 4.90 Å². The molecule has 1 aliphatic rings. The van der Waals surface area contributed by atoms with Crippen LogP contribution in [0.25, 0.3) is 0 Å². The van der Waals surface area contributed by atoms with Gasteiger partial charge in [-0.3, -0.25) is 14.5 Å². The van der Waals surface area contributed by atoms with Crippen LogP contribution >= 0.6 is 23.1 Å². The molecule has 7 nitrogen and oxygen atoms in total. The number of furan rings is 1. The summed E-state index contributed by atoms with van der Waals surface area (Å²) in [5.74, 6) is -0.389. The Labute approximate surface area is 183 Å². The van der Waals surface area contributed by atoms with Crippen molar-refractivity contribution in [2.45, 2.75) is 44.2 Å². The monoisotopic (exact) mass is 444 g/mol. The summed E-state index contributed by atoms with van der Waals surface area (Å²) in [7, 11) is 0. The minimum atomic E-state index is -1.01. The molecular weight excluding hydrogens is 424 g/mol. The molecule has 30 heavy (non-hydrogen) atoms. The number of carbonyl (C=O) groups excluding carboxylic acids is 2. The van der Waals surface area contributed by atoms with Crippen LogP contribution in [0.4, 0.5) is 5.69 Å². The summed E-state index contributed by atoms with van der Waals surface area (Å²) >= 11 is 7.27. The van der Waals surface area contributed by atoms with Gasteiger partial charge in [-0.15, -0.1) is 5.10 Å². The van der Waals surface area contributed by atoms with E-state index in [1.807, 2.05) is 0 Å². The maximum absolute atomic E-state index is 13.5. The van der Waals surface area contributed by atoms with Crippen LogP contribution < -0.4 is 10.2 Å². The highest BCUT2D eigenvalue weighted by Gasteiger charge is 2.37. The van der Waals surface area contributed by atoms with Gasteiger partial charge in [-0.1, -0.05) is 41.4 Å². The van der Waals surface area contributed by atoms with E-state index in [0.29, 0.717) is 16.5 Å². The second kappa shape index (κ2) is 9.40. The molecule has 1 aliphatic carbocycles. The molecule has 2 aromatic heterocycles. The average Bonchev–Trinajstić information content (AvgIpc) is 3.46. The Kier molecular flexibility index (Phi) is 6.44. The van der Waals surface area contributed by atoms with E-state index in [0.717, 1.165) is 37.2 Å². The van der Waals surface area contributed by atoms with Gasteiger partial charge in [-0.2, -0.15) is 0 Å². The minimum absolute atomic E-state index is 0.0842. The quantitative estimate of drug-likeness (QED) is 0.599. The molecule has 0 unspecified atom stereocenters. The summed E-state index contributed by atoms with van der Waals surface area (Å²) < 4.78 is 9.38. The van der Waals surface area contributed by atoms with Crippen LogP contribution in [-0.4, -0.2) is 27.4 Å². The fourth-order valence-electron chi connectivity index (χ4n) is 3.74. The molecule has 3 aromatic rings. The van der Waals surface area contributed by atoms with E-state index in [1.54, 1.807) is 41.8 Å². The lowest BCUT2D eigenvalue weighted by Crippen LogP contribution is -2.47. The fourth-order valence-corrected chi connectivity index (χ4v) is 4.35. The lowest BCUT2D eigenvalue weighted by molar-refractivity contribution is -0.123. The van der Waals surface area contributed by atoms with Crippen molar-refractivity contribution in [2.24, 2.45) is 0 Å². The number of benzene rings is 1. The summed E-state index contributed by atoms with van der Waals surface area (Å²) in [4.78, 5) is 28.2. The molecule has 1 fully saturated rings. The molecule has 0 spiro atoms. The van der Waals surface area contributed by atoms with Crippen LogP contribution in [-0.2, 0) is 4.79 Å². The van der Waals surface area contributed by atoms with Crippen molar-refractivity contribution < 1.29 is 14.0 Å². The molecule has 156 valence electrons. The third kappa shape index (κ3) is 4.55. The Hall–Kier alpha value is -2.71. The Bertz CT molecular complexity index is 988. The van der Waals surface area contributed by atoms with Gasteiger partial charge in [0, 0.05) is 22.1 Å². The predicted octanol–water partition coefficient (Wildman–Crippen LogP) is 4.62. The van der Waals surface area contributed by atoms with Gasteiger partial charge in [0.25, 0.3) is 11.8 Å². The zero-order valence-electron chi connectivity index (χ0n) is 16.2. The molecule has 2 heterocycles. The molecule has 0 radical (unpaired) electrons.